The molecule has 4 rings (SSSR count). The molecule has 9 nitrogen and oxygen atoms in total. The van der Waals surface area contributed by atoms with Crippen LogP contribution in [0, 0.1) is 0 Å². The van der Waals surface area contributed by atoms with Crippen LogP contribution >= 0.6 is 0 Å². The normalized spacial score (nSPS) is 12.6. The molecule has 3 amide bonds. The Balaban J connectivity index is 1.75. The number of alkyl carbamates (subject to hydrolysis) is 1. The lowest BCUT2D eigenvalue weighted by Crippen LogP contribution is -2.53. The average molecular weight is 626 g/mol. The van der Waals surface area contributed by atoms with E-state index in [1.54, 1.807) is 51.1 Å². The molecular formula is C37H43N3O6. The maximum Gasteiger partial charge on any atom is 0.408 e. The van der Waals surface area contributed by atoms with E-state index in [0.29, 0.717) is 23.2 Å². The number of fused-ring (bicyclic) bond motifs is 1. The van der Waals surface area contributed by atoms with Gasteiger partial charge in [0, 0.05) is 18.7 Å². The Labute approximate surface area is 270 Å². The minimum absolute atomic E-state index is 0.0468. The van der Waals surface area contributed by atoms with Crippen LogP contribution in [0.3, 0.4) is 0 Å². The summed E-state index contributed by atoms with van der Waals surface area (Å²) in [6, 6.07) is 23.8. The number of nitrogens with one attached hydrogen (secondary N) is 2. The van der Waals surface area contributed by atoms with E-state index in [2.05, 4.69) is 10.6 Å². The van der Waals surface area contributed by atoms with Crippen molar-refractivity contribution < 1.29 is 29.3 Å². The minimum Gasteiger partial charge on any atom is -0.508 e. The highest BCUT2D eigenvalue weighted by atomic mass is 16.6. The molecule has 4 aromatic carbocycles. The molecular weight excluding hydrogens is 582 g/mol. The van der Waals surface area contributed by atoms with Crippen molar-refractivity contribution in [3.63, 3.8) is 0 Å². The van der Waals surface area contributed by atoms with Crippen molar-refractivity contribution in [3.8, 4) is 11.5 Å². The lowest BCUT2D eigenvalue weighted by atomic mass is 9.99. The quantitative estimate of drug-likeness (QED) is 0.125. The fraction of sp³-hybridized carbons (Fsp3) is 0.324. The van der Waals surface area contributed by atoms with Gasteiger partial charge in [0.1, 0.15) is 29.2 Å². The van der Waals surface area contributed by atoms with Crippen molar-refractivity contribution in [1.82, 2.24) is 10.2 Å². The number of phenolic OH excluding ortho intramolecular Hbond substituents is 2. The second-order valence-electron chi connectivity index (χ2n) is 12.4. The van der Waals surface area contributed by atoms with Gasteiger partial charge in [-0.25, -0.2) is 4.79 Å². The summed E-state index contributed by atoms with van der Waals surface area (Å²) in [6.45, 7) is 7.46. The number of unbranched alkanes of at least 4 members (excludes halogenated alkanes) is 2. The molecule has 0 aliphatic rings. The number of hydrogen-bond donors (Lipinski definition) is 4. The highest BCUT2D eigenvalue weighted by molar-refractivity contribution is 6.00. The Hall–Kier alpha value is -5.05. The maximum atomic E-state index is 14.6. The van der Waals surface area contributed by atoms with Crippen molar-refractivity contribution in [2.45, 2.75) is 71.1 Å². The number of benzene rings is 4. The molecule has 0 saturated heterocycles. The molecule has 0 aromatic heterocycles. The number of nitrogens with zero attached hydrogens (tertiary/aromatic N) is 1. The first kappa shape index (κ1) is 33.8. The topological polar surface area (TPSA) is 128 Å². The standard InChI is InChI=1S/C37H43N3O6/c1-5-6-9-21-40(35(44)32(39-36(45)46-37(2,3)4)22-25-15-19-30(41)20-16-25)33(28-13-10-14-31(42)24-28)34(43)38-29-18-17-26-11-7-8-12-27(26)23-29/h7-8,10-20,23-24,32-33,41-42H,5-6,9,21-22H2,1-4H3,(H,38,43)(H,39,45). The zero-order valence-electron chi connectivity index (χ0n) is 26.8. The summed E-state index contributed by atoms with van der Waals surface area (Å²) in [5, 5.41) is 27.9. The summed E-state index contributed by atoms with van der Waals surface area (Å²) in [6.07, 6.45) is 1.62. The van der Waals surface area contributed by atoms with Gasteiger partial charge in [0.2, 0.25) is 5.91 Å². The molecule has 46 heavy (non-hydrogen) atoms. The second kappa shape index (κ2) is 15.3. The number of rotatable bonds is 12. The van der Waals surface area contributed by atoms with Crippen molar-refractivity contribution in [2.24, 2.45) is 0 Å². The summed E-state index contributed by atoms with van der Waals surface area (Å²) < 4.78 is 5.50. The number of carbonyl (C=O) groups excluding carboxylic acids is 3. The SMILES string of the molecule is CCCCCN(C(=O)C(Cc1ccc(O)cc1)NC(=O)OC(C)(C)C)C(C(=O)Nc1ccc2ccccc2c1)c1cccc(O)c1. The first-order valence-electron chi connectivity index (χ1n) is 15.6. The van der Waals surface area contributed by atoms with Gasteiger partial charge in [0.25, 0.3) is 5.91 Å². The molecule has 0 radical (unpaired) electrons. The zero-order chi connectivity index (χ0) is 33.3. The largest absolute Gasteiger partial charge is 0.508 e. The number of aromatic hydroxyl groups is 2. The number of amides is 3. The third-order valence-electron chi connectivity index (χ3n) is 7.41. The van der Waals surface area contributed by atoms with Gasteiger partial charge in [-0.3, -0.25) is 9.59 Å². The Morgan fingerprint density at radius 3 is 2.22 bits per heavy atom. The predicted molar refractivity (Wildman–Crippen MR) is 180 cm³/mol. The van der Waals surface area contributed by atoms with Crippen LogP contribution in [0.5, 0.6) is 11.5 Å². The van der Waals surface area contributed by atoms with Crippen LogP contribution in [0.2, 0.25) is 0 Å². The molecule has 242 valence electrons. The summed E-state index contributed by atoms with van der Waals surface area (Å²) >= 11 is 0. The number of hydrogen-bond acceptors (Lipinski definition) is 6. The maximum absolute atomic E-state index is 14.6. The lowest BCUT2D eigenvalue weighted by molar-refractivity contribution is -0.140. The zero-order valence-corrected chi connectivity index (χ0v) is 26.8. The molecule has 4 N–H and O–H groups in total. The van der Waals surface area contributed by atoms with Crippen LogP contribution in [0.15, 0.2) is 91.0 Å². The molecule has 2 unspecified atom stereocenters. The number of ether oxygens (including phenoxy) is 1. The molecule has 0 spiro atoms. The predicted octanol–water partition coefficient (Wildman–Crippen LogP) is 7.09. The first-order chi connectivity index (χ1) is 21.9. The summed E-state index contributed by atoms with van der Waals surface area (Å²) in [7, 11) is 0. The summed E-state index contributed by atoms with van der Waals surface area (Å²) in [5.74, 6) is -0.930. The van der Waals surface area contributed by atoms with Crippen LogP contribution in [0.25, 0.3) is 10.8 Å². The van der Waals surface area contributed by atoms with E-state index in [1.165, 1.54) is 29.2 Å². The monoisotopic (exact) mass is 625 g/mol. The van der Waals surface area contributed by atoms with E-state index in [9.17, 15) is 24.6 Å². The highest BCUT2D eigenvalue weighted by Gasteiger charge is 2.36. The fourth-order valence-electron chi connectivity index (χ4n) is 5.26. The molecule has 0 bridgehead atoms. The molecule has 9 heteroatoms. The molecule has 2 atom stereocenters. The Bertz CT molecular complexity index is 1650. The van der Waals surface area contributed by atoms with Crippen LogP contribution in [-0.2, 0) is 20.7 Å². The van der Waals surface area contributed by atoms with Gasteiger partial charge in [-0.15, -0.1) is 0 Å². The average Bonchev–Trinajstić information content (AvgIpc) is 3.00. The Kier molecular flexibility index (Phi) is 11.2. The van der Waals surface area contributed by atoms with Crippen molar-refractivity contribution in [2.75, 3.05) is 11.9 Å². The third kappa shape index (κ3) is 9.47. The third-order valence-corrected chi connectivity index (χ3v) is 7.41. The number of anilines is 1. The van der Waals surface area contributed by atoms with E-state index in [-0.39, 0.29) is 24.5 Å². The van der Waals surface area contributed by atoms with E-state index in [4.69, 9.17) is 4.74 Å². The second-order valence-corrected chi connectivity index (χ2v) is 12.4. The molecule has 0 fully saturated rings. The van der Waals surface area contributed by atoms with Gasteiger partial charge in [-0.05, 0) is 85.5 Å². The number of phenols is 2. The molecule has 0 aliphatic carbocycles. The fourth-order valence-corrected chi connectivity index (χ4v) is 5.26. The highest BCUT2D eigenvalue weighted by Crippen LogP contribution is 2.29. The van der Waals surface area contributed by atoms with E-state index < -0.39 is 35.6 Å². The van der Waals surface area contributed by atoms with Crippen LogP contribution in [0.1, 0.15) is 64.1 Å². The van der Waals surface area contributed by atoms with Crippen LogP contribution in [-0.4, -0.2) is 51.2 Å². The molecule has 0 aliphatic heterocycles. The van der Waals surface area contributed by atoms with Gasteiger partial charge in [0.15, 0.2) is 0 Å². The number of carbonyl (C=O) groups is 3. The van der Waals surface area contributed by atoms with E-state index >= 15 is 0 Å². The van der Waals surface area contributed by atoms with E-state index in [1.807, 2.05) is 43.3 Å². The Morgan fingerprint density at radius 1 is 0.826 bits per heavy atom. The first-order valence-corrected chi connectivity index (χ1v) is 15.6. The smallest absolute Gasteiger partial charge is 0.408 e. The van der Waals surface area contributed by atoms with Gasteiger partial charge in [0.05, 0.1) is 0 Å². The van der Waals surface area contributed by atoms with Crippen molar-refractivity contribution >= 4 is 34.4 Å². The molecule has 0 heterocycles. The summed E-state index contributed by atoms with van der Waals surface area (Å²) in [4.78, 5) is 43.3. The lowest BCUT2D eigenvalue weighted by Gasteiger charge is -2.34. The minimum atomic E-state index is -1.13. The molecule has 0 saturated carbocycles. The van der Waals surface area contributed by atoms with Crippen LogP contribution in [0.4, 0.5) is 10.5 Å². The van der Waals surface area contributed by atoms with Gasteiger partial charge in [-0.2, -0.15) is 0 Å². The molecule has 4 aromatic rings. The van der Waals surface area contributed by atoms with Gasteiger partial charge < -0.3 is 30.5 Å². The van der Waals surface area contributed by atoms with Crippen LogP contribution < -0.4 is 10.6 Å². The van der Waals surface area contributed by atoms with Gasteiger partial charge >= 0.3 is 6.09 Å². The van der Waals surface area contributed by atoms with Gasteiger partial charge in [-0.1, -0.05) is 74.4 Å². The van der Waals surface area contributed by atoms with Crippen molar-refractivity contribution in [3.05, 3.63) is 102 Å². The Morgan fingerprint density at radius 2 is 1.54 bits per heavy atom. The van der Waals surface area contributed by atoms with Crippen molar-refractivity contribution in [1.29, 1.82) is 0 Å². The van der Waals surface area contributed by atoms with E-state index in [0.717, 1.165) is 23.6 Å². The summed E-state index contributed by atoms with van der Waals surface area (Å²) in [5.41, 5.74) is 0.863.